The normalized spacial score (nSPS) is 17.2. The van der Waals surface area contributed by atoms with Crippen molar-refractivity contribution in [1.82, 2.24) is 9.97 Å². The third kappa shape index (κ3) is 3.11. The molecule has 5 nitrogen and oxygen atoms in total. The van der Waals surface area contributed by atoms with Crippen molar-refractivity contribution in [1.29, 1.82) is 0 Å². The van der Waals surface area contributed by atoms with Crippen molar-refractivity contribution >= 4 is 28.9 Å². The van der Waals surface area contributed by atoms with E-state index in [1.54, 1.807) is 30.6 Å². The van der Waals surface area contributed by atoms with E-state index in [2.05, 4.69) is 9.97 Å². The van der Waals surface area contributed by atoms with E-state index in [1.807, 2.05) is 0 Å². The number of pyridine rings is 2. The summed E-state index contributed by atoms with van der Waals surface area (Å²) in [6.45, 7) is 1.13. The van der Waals surface area contributed by atoms with Crippen LogP contribution in [0.5, 0.6) is 5.88 Å². The Morgan fingerprint density at radius 1 is 1.14 bits per heavy atom. The summed E-state index contributed by atoms with van der Waals surface area (Å²) in [5, 5.41) is 0.964. The van der Waals surface area contributed by atoms with E-state index in [9.17, 15) is 0 Å². The molecule has 7 heteroatoms. The molecule has 0 aromatic carbocycles. The van der Waals surface area contributed by atoms with Gasteiger partial charge < -0.3 is 15.2 Å². The van der Waals surface area contributed by atoms with Crippen molar-refractivity contribution in [2.75, 3.05) is 18.9 Å². The number of nitrogen functional groups attached to an aromatic ring is 1. The van der Waals surface area contributed by atoms with Gasteiger partial charge in [0.2, 0.25) is 5.88 Å². The van der Waals surface area contributed by atoms with Crippen molar-refractivity contribution in [2.24, 2.45) is 0 Å². The molecule has 116 valence electrons. The minimum Gasteiger partial charge on any atom is -0.464 e. The molecule has 0 atom stereocenters. The Balaban J connectivity index is 1.98. The van der Waals surface area contributed by atoms with Gasteiger partial charge in [-0.05, 0) is 12.1 Å². The van der Waals surface area contributed by atoms with Gasteiger partial charge in [0.1, 0.15) is 5.69 Å². The van der Waals surface area contributed by atoms with E-state index >= 15 is 0 Å². The van der Waals surface area contributed by atoms with Crippen LogP contribution in [0.4, 0.5) is 5.69 Å². The number of nitrogens with two attached hydrogens (primary N) is 1. The molecule has 3 rings (SSSR count). The van der Waals surface area contributed by atoms with Crippen molar-refractivity contribution < 1.29 is 9.47 Å². The van der Waals surface area contributed by atoms with Crippen LogP contribution in [0.25, 0.3) is 0 Å². The molecule has 1 saturated heterocycles. The zero-order chi connectivity index (χ0) is 15.6. The van der Waals surface area contributed by atoms with Crippen LogP contribution in [-0.2, 0) is 10.3 Å². The van der Waals surface area contributed by atoms with Gasteiger partial charge in [-0.1, -0.05) is 23.2 Å². The molecule has 2 aromatic heterocycles. The molecule has 0 spiro atoms. The lowest BCUT2D eigenvalue weighted by molar-refractivity contribution is -0.0548. The predicted octanol–water partition coefficient (Wildman–Crippen LogP) is 3.45. The summed E-state index contributed by atoms with van der Waals surface area (Å²) >= 11 is 12.3. The monoisotopic (exact) mass is 339 g/mol. The molecule has 0 bridgehead atoms. The highest BCUT2D eigenvalue weighted by molar-refractivity contribution is 6.34. The molecule has 1 aliphatic rings. The van der Waals surface area contributed by atoms with Crippen LogP contribution in [0.1, 0.15) is 18.5 Å². The van der Waals surface area contributed by atoms with Gasteiger partial charge in [0.25, 0.3) is 0 Å². The Hall–Kier alpha value is -1.56. The van der Waals surface area contributed by atoms with Crippen molar-refractivity contribution in [2.45, 2.75) is 18.4 Å². The summed E-state index contributed by atoms with van der Waals surface area (Å²) in [5.41, 5.74) is 6.21. The van der Waals surface area contributed by atoms with Gasteiger partial charge in [-0.25, -0.2) is 4.98 Å². The number of hydrogen-bond acceptors (Lipinski definition) is 5. The standard InChI is InChI=1S/C15H15Cl2N3O2/c16-10-7-12(17)14(20-8-10)15(3-5-21-6-4-15)22-13-2-1-11(18)9-19-13/h1-2,7-9H,3-6,18H2. The van der Waals surface area contributed by atoms with Crippen LogP contribution in [0, 0.1) is 0 Å². The SMILES string of the molecule is Nc1ccc(OC2(c3ncc(Cl)cc3Cl)CCOCC2)nc1. The first kappa shape index (κ1) is 15.3. The first-order chi connectivity index (χ1) is 10.6. The number of anilines is 1. The van der Waals surface area contributed by atoms with Crippen LogP contribution in [0.3, 0.4) is 0 Å². The number of halogens is 2. The van der Waals surface area contributed by atoms with Crippen LogP contribution in [-0.4, -0.2) is 23.2 Å². The molecule has 1 fully saturated rings. The molecule has 0 unspecified atom stereocenters. The maximum Gasteiger partial charge on any atom is 0.214 e. The van der Waals surface area contributed by atoms with Gasteiger partial charge in [-0.3, -0.25) is 4.98 Å². The summed E-state index contributed by atoms with van der Waals surface area (Å²) in [4.78, 5) is 8.60. The molecule has 0 aliphatic carbocycles. The first-order valence-electron chi connectivity index (χ1n) is 6.89. The zero-order valence-corrected chi connectivity index (χ0v) is 13.3. The zero-order valence-electron chi connectivity index (χ0n) is 11.8. The van der Waals surface area contributed by atoms with Gasteiger partial charge in [-0.2, -0.15) is 0 Å². The third-order valence-electron chi connectivity index (χ3n) is 3.60. The summed E-state index contributed by atoms with van der Waals surface area (Å²) < 4.78 is 11.6. The Labute approximate surface area is 138 Å². The van der Waals surface area contributed by atoms with Gasteiger partial charge >= 0.3 is 0 Å². The molecule has 1 aliphatic heterocycles. The lowest BCUT2D eigenvalue weighted by Crippen LogP contribution is -2.40. The number of rotatable bonds is 3. The lowest BCUT2D eigenvalue weighted by Gasteiger charge is -2.37. The van der Waals surface area contributed by atoms with Crippen molar-refractivity contribution in [3.8, 4) is 5.88 Å². The summed E-state index contributed by atoms with van der Waals surface area (Å²) in [6, 6.07) is 5.14. The fraction of sp³-hybridized carbons (Fsp3) is 0.333. The topological polar surface area (TPSA) is 70.3 Å². The van der Waals surface area contributed by atoms with Crippen LogP contribution >= 0.6 is 23.2 Å². The van der Waals surface area contributed by atoms with Gasteiger partial charge in [0, 0.05) is 25.1 Å². The van der Waals surface area contributed by atoms with Crippen LogP contribution < -0.4 is 10.5 Å². The van der Waals surface area contributed by atoms with E-state index < -0.39 is 5.60 Å². The van der Waals surface area contributed by atoms with Crippen molar-refractivity contribution in [3.63, 3.8) is 0 Å². The Morgan fingerprint density at radius 3 is 2.55 bits per heavy atom. The maximum absolute atomic E-state index is 6.34. The Bertz CT molecular complexity index is 658. The second-order valence-corrected chi connectivity index (χ2v) is 5.97. The minimum atomic E-state index is -0.678. The number of hydrogen-bond donors (Lipinski definition) is 1. The average molecular weight is 340 g/mol. The van der Waals surface area contributed by atoms with E-state index in [0.717, 1.165) is 0 Å². The quantitative estimate of drug-likeness (QED) is 0.927. The second-order valence-electron chi connectivity index (χ2n) is 5.12. The third-order valence-corrected chi connectivity index (χ3v) is 4.09. The fourth-order valence-electron chi connectivity index (χ4n) is 2.49. The number of ether oxygens (including phenoxy) is 2. The van der Waals surface area contributed by atoms with Crippen LogP contribution in [0.2, 0.25) is 10.0 Å². The summed E-state index contributed by atoms with van der Waals surface area (Å²) in [6.07, 6.45) is 4.39. The van der Waals surface area contributed by atoms with Gasteiger partial charge in [0.15, 0.2) is 5.60 Å². The fourth-order valence-corrected chi connectivity index (χ4v) is 3.04. The molecular weight excluding hydrogens is 325 g/mol. The van der Waals surface area contributed by atoms with E-state index in [4.69, 9.17) is 38.4 Å². The molecule has 0 saturated carbocycles. The highest BCUT2D eigenvalue weighted by Crippen LogP contribution is 2.39. The average Bonchev–Trinajstić information content (AvgIpc) is 2.50. The molecule has 22 heavy (non-hydrogen) atoms. The highest BCUT2D eigenvalue weighted by Gasteiger charge is 2.40. The van der Waals surface area contributed by atoms with Gasteiger partial charge in [-0.15, -0.1) is 0 Å². The minimum absolute atomic E-state index is 0.476. The molecule has 2 aromatic rings. The Morgan fingerprint density at radius 2 is 1.91 bits per heavy atom. The molecule has 2 N–H and O–H groups in total. The van der Waals surface area contributed by atoms with Gasteiger partial charge in [0.05, 0.1) is 35.1 Å². The van der Waals surface area contributed by atoms with Crippen molar-refractivity contribution in [3.05, 3.63) is 46.3 Å². The maximum atomic E-state index is 6.34. The molecular formula is C15H15Cl2N3O2. The molecule has 0 amide bonds. The number of nitrogens with zero attached hydrogens (tertiary/aromatic N) is 2. The predicted molar refractivity (Wildman–Crippen MR) is 85.3 cm³/mol. The van der Waals surface area contributed by atoms with E-state index in [-0.39, 0.29) is 0 Å². The Kier molecular flexibility index (Phi) is 4.38. The molecule has 3 heterocycles. The van der Waals surface area contributed by atoms with E-state index in [0.29, 0.717) is 53.4 Å². The van der Waals surface area contributed by atoms with Crippen LogP contribution in [0.15, 0.2) is 30.6 Å². The summed E-state index contributed by atoms with van der Waals surface area (Å²) in [7, 11) is 0. The summed E-state index contributed by atoms with van der Waals surface area (Å²) in [5.74, 6) is 0.476. The smallest absolute Gasteiger partial charge is 0.214 e. The molecule has 0 radical (unpaired) electrons. The number of aromatic nitrogens is 2. The first-order valence-corrected chi connectivity index (χ1v) is 7.64. The van der Waals surface area contributed by atoms with E-state index in [1.165, 1.54) is 0 Å². The second kappa shape index (κ2) is 6.28. The largest absolute Gasteiger partial charge is 0.464 e. The lowest BCUT2D eigenvalue weighted by atomic mass is 9.89. The highest BCUT2D eigenvalue weighted by atomic mass is 35.5.